The summed E-state index contributed by atoms with van der Waals surface area (Å²) >= 11 is 9.93. The molecule has 21 heteroatoms. The molecule has 1 saturated heterocycles. The van der Waals surface area contributed by atoms with Gasteiger partial charge in [-0.25, -0.2) is 4.79 Å². The van der Waals surface area contributed by atoms with Crippen LogP contribution in [0, 0.1) is 17.8 Å². The van der Waals surface area contributed by atoms with E-state index >= 15 is 0 Å². The topological polar surface area (TPSA) is 251 Å². The van der Waals surface area contributed by atoms with Crippen molar-refractivity contribution in [3.05, 3.63) is 59.2 Å². The molecule has 5 aliphatic rings. The number of benzene rings is 2. The summed E-state index contributed by atoms with van der Waals surface area (Å²) in [5.74, 6) is -2.77. The molecule has 6 N–H and O–H groups in total. The molecule has 2 aromatic carbocycles. The number of carbonyl (C=O) groups excluding carboxylic acids is 8. The second-order valence-electron chi connectivity index (χ2n) is 23.1. The van der Waals surface area contributed by atoms with Gasteiger partial charge in [-0.2, -0.15) is 12.6 Å². The molecule has 426 valence electrons. The van der Waals surface area contributed by atoms with Crippen molar-refractivity contribution >= 4 is 77.1 Å². The van der Waals surface area contributed by atoms with Crippen molar-refractivity contribution in [1.29, 1.82) is 0 Å². The van der Waals surface area contributed by atoms with Crippen molar-refractivity contribution in [1.82, 2.24) is 36.4 Å². The average Bonchev–Trinajstić information content (AvgIpc) is 2.30. The number of thiocarbonyl (C=S) groups is 1. The van der Waals surface area contributed by atoms with Crippen LogP contribution in [0.25, 0.3) is 0 Å². The number of carbonyl (C=O) groups is 8. The smallest absolute Gasteiger partial charge is 0.408 e. The van der Waals surface area contributed by atoms with Crippen LogP contribution in [-0.4, -0.2) is 154 Å². The van der Waals surface area contributed by atoms with E-state index in [-0.39, 0.29) is 80.3 Å². The third-order valence-corrected chi connectivity index (χ3v) is 16.7. The molecule has 2 aliphatic heterocycles. The summed E-state index contributed by atoms with van der Waals surface area (Å²) < 4.78 is 18.3. The number of Topliss-reactive ketones (excluding diaryl/α,β-unsaturated/α-hetero) is 3. The molecule has 3 fully saturated rings. The maximum absolute atomic E-state index is 14.0. The number of aliphatic hydroxyl groups is 1. The lowest BCUT2D eigenvalue weighted by Crippen LogP contribution is -2.76. The Bertz CT molecular complexity index is 2590. The van der Waals surface area contributed by atoms with Gasteiger partial charge in [0.2, 0.25) is 23.6 Å². The third-order valence-electron chi connectivity index (χ3n) is 15.9. The minimum atomic E-state index is -1.13. The zero-order valence-corrected chi connectivity index (χ0v) is 47.8. The van der Waals surface area contributed by atoms with Crippen molar-refractivity contribution in [2.75, 3.05) is 45.5 Å². The highest BCUT2D eigenvalue weighted by molar-refractivity contribution is 7.80. The number of thiol groups is 1. The molecule has 2 saturated carbocycles. The van der Waals surface area contributed by atoms with Gasteiger partial charge in [-0.15, -0.1) is 0 Å². The second-order valence-corrected chi connectivity index (χ2v) is 23.8. The molecule has 9 atom stereocenters. The molecule has 7 rings (SSSR count). The monoisotopic (exact) mass is 1120 g/mol. The number of likely N-dealkylation sites (N-methyl/N-ethyl adjacent to an activating group) is 1. The number of alkyl carbamates (subject to hydrolysis) is 1. The Hall–Kier alpha value is -5.64. The molecular weight excluding hydrogens is 1040 g/mol. The summed E-state index contributed by atoms with van der Waals surface area (Å²) in [4.78, 5) is 109. The number of piperidine rings is 1. The van der Waals surface area contributed by atoms with Gasteiger partial charge in [0, 0.05) is 95.0 Å². The van der Waals surface area contributed by atoms with E-state index in [0.29, 0.717) is 49.5 Å². The van der Waals surface area contributed by atoms with Gasteiger partial charge in [0.25, 0.3) is 5.17 Å². The molecule has 2 heterocycles. The van der Waals surface area contributed by atoms with Crippen molar-refractivity contribution < 1.29 is 57.7 Å². The molecule has 0 aromatic heterocycles. The van der Waals surface area contributed by atoms with Gasteiger partial charge >= 0.3 is 6.09 Å². The molecular formula is C57H79N7O12S2. The van der Waals surface area contributed by atoms with Crippen LogP contribution in [0.5, 0.6) is 11.5 Å². The van der Waals surface area contributed by atoms with Crippen LogP contribution in [0.1, 0.15) is 122 Å². The maximum Gasteiger partial charge on any atom is 0.408 e. The third kappa shape index (κ3) is 14.2. The summed E-state index contributed by atoms with van der Waals surface area (Å²) in [6.45, 7) is 11.8. The van der Waals surface area contributed by atoms with E-state index < -0.39 is 88.2 Å². The first-order valence-corrected chi connectivity index (χ1v) is 28.6. The van der Waals surface area contributed by atoms with Crippen molar-refractivity contribution in [2.24, 2.45) is 17.8 Å². The summed E-state index contributed by atoms with van der Waals surface area (Å²) in [7, 11) is 1.72. The Balaban J connectivity index is 0.965. The number of amides is 5. The quantitative estimate of drug-likeness (QED) is 0.0399. The van der Waals surface area contributed by atoms with Crippen LogP contribution in [0.4, 0.5) is 4.79 Å². The van der Waals surface area contributed by atoms with Gasteiger partial charge in [0.1, 0.15) is 11.6 Å². The second kappa shape index (κ2) is 25.6. The van der Waals surface area contributed by atoms with E-state index in [4.69, 9.17) is 26.4 Å². The molecule has 78 heavy (non-hydrogen) atoms. The van der Waals surface area contributed by atoms with E-state index in [0.717, 1.165) is 29.8 Å². The number of unbranched alkanes of at least 4 members (excludes halogenated alkanes) is 1. The van der Waals surface area contributed by atoms with Crippen LogP contribution in [-0.2, 0) is 56.6 Å². The zero-order chi connectivity index (χ0) is 56.7. The van der Waals surface area contributed by atoms with E-state index in [1.54, 1.807) is 39.6 Å². The lowest BCUT2D eigenvalue weighted by atomic mass is 9.49. The molecule has 1 spiro atoms. The van der Waals surface area contributed by atoms with Crippen molar-refractivity contribution in [3.63, 3.8) is 0 Å². The zero-order valence-electron chi connectivity index (χ0n) is 46.1. The molecule has 3 aliphatic carbocycles. The van der Waals surface area contributed by atoms with Crippen molar-refractivity contribution in [2.45, 2.75) is 165 Å². The minimum Gasteiger partial charge on any atom is -0.477 e. The summed E-state index contributed by atoms with van der Waals surface area (Å²) in [6, 6.07) is 10.1. The SMILES string of the molecule is CC(=O)NC(CS)C(=O)CC(C)C(=O)NC(C)C(=O)CC(CCCCNC(=O)C(Cc1ccccc1)NC(=O)OC(C)(C)C)C(=O)NCCN(C)C(=S)Oc1ccc2c3c1O[C@H]1C(=O)CC[C@@]4(O)[C@@H](C2)N(CC2CC2)CC[C@]314. The van der Waals surface area contributed by atoms with Crippen LogP contribution in [0.2, 0.25) is 0 Å². The normalized spacial score (nSPS) is 22.9. The number of ketones is 3. The highest BCUT2D eigenvalue weighted by atomic mass is 32.1. The first kappa shape index (κ1) is 60.0. The fourth-order valence-electron chi connectivity index (χ4n) is 11.6. The summed E-state index contributed by atoms with van der Waals surface area (Å²) in [6.07, 6.45) is 3.61. The molecule has 5 unspecified atom stereocenters. The number of likely N-dealkylation sites (tertiary alicyclic amines) is 1. The molecule has 0 radical (unpaired) electrons. The lowest BCUT2D eigenvalue weighted by molar-refractivity contribution is -0.188. The van der Waals surface area contributed by atoms with Gasteiger partial charge < -0.3 is 50.8 Å². The fourth-order valence-corrected chi connectivity index (χ4v) is 12.1. The van der Waals surface area contributed by atoms with Crippen LogP contribution < -0.4 is 36.1 Å². The highest BCUT2D eigenvalue weighted by Crippen LogP contribution is 2.65. The van der Waals surface area contributed by atoms with E-state index in [2.05, 4.69) is 44.1 Å². The standard InChI is InChI=1S/C57H79N7O12S2/c1-33(27-44(68)41(32-77)61-35(3)65)50(69)60-34(2)43(67)29-39(15-11-12-23-58-52(71)40(28-36-13-9-8-10-14-36)62-53(72)76-55(4,5)6)51(70)59-24-26-63(7)54(78)74-45-19-18-38-30-46-57(73)21-20-42(66)49-56(57,47(38)48(45)75-49)22-25-64(46)31-37-16-17-37/h8-10,13-14,18-19,33-34,37,39-41,46,49,73,77H,11-12,15-17,20-32H2,1-7H3,(H,58,71)(H,59,70)(H,60,69)(H,61,65)(H,62,72)/t33?,34?,39?,40?,41?,46-,49+,56+,57-/m1/s1. The fraction of sp³-hybridized carbons (Fsp3) is 0.632. The van der Waals surface area contributed by atoms with Gasteiger partial charge in [0.05, 0.1) is 23.1 Å². The van der Waals surface area contributed by atoms with Gasteiger partial charge in [-0.05, 0) is 115 Å². The van der Waals surface area contributed by atoms with Gasteiger partial charge in [-0.3, -0.25) is 38.5 Å². The number of nitrogens with one attached hydrogen (secondary N) is 5. The van der Waals surface area contributed by atoms with Crippen molar-refractivity contribution in [3.8, 4) is 11.5 Å². The Morgan fingerprint density at radius 3 is 2.31 bits per heavy atom. The Kier molecular flexibility index (Phi) is 19.7. The van der Waals surface area contributed by atoms with Gasteiger partial charge in [-0.1, -0.05) is 49.7 Å². The predicted molar refractivity (Wildman–Crippen MR) is 298 cm³/mol. The molecule has 2 bridgehead atoms. The maximum atomic E-state index is 14.0. The minimum absolute atomic E-state index is 0.0236. The van der Waals surface area contributed by atoms with Crippen LogP contribution in [0.3, 0.4) is 0 Å². The lowest BCUT2D eigenvalue weighted by Gasteiger charge is -2.62. The summed E-state index contributed by atoms with van der Waals surface area (Å²) in [5.41, 5.74) is -0.0510. The first-order chi connectivity index (χ1) is 36.9. The number of ether oxygens (including phenoxy) is 3. The Morgan fingerprint density at radius 2 is 1.63 bits per heavy atom. The van der Waals surface area contributed by atoms with Crippen LogP contribution >= 0.6 is 24.8 Å². The first-order valence-electron chi connectivity index (χ1n) is 27.5. The number of hydrogen-bond donors (Lipinski definition) is 7. The largest absolute Gasteiger partial charge is 0.477 e. The molecule has 19 nitrogen and oxygen atoms in total. The van der Waals surface area contributed by atoms with E-state index in [1.165, 1.54) is 26.7 Å². The Labute approximate surface area is 468 Å². The molecule has 2 aromatic rings. The van der Waals surface area contributed by atoms with E-state index in [1.807, 2.05) is 42.5 Å². The number of hydrogen-bond acceptors (Lipinski definition) is 15. The van der Waals surface area contributed by atoms with E-state index in [9.17, 15) is 43.5 Å². The predicted octanol–water partition coefficient (Wildman–Crippen LogP) is 4.06. The number of nitrogens with zero attached hydrogens (tertiary/aromatic N) is 2. The summed E-state index contributed by atoms with van der Waals surface area (Å²) in [5, 5.41) is 26.5. The highest BCUT2D eigenvalue weighted by Gasteiger charge is 2.73. The van der Waals surface area contributed by atoms with Crippen LogP contribution in [0.15, 0.2) is 42.5 Å². The average molecular weight is 1120 g/mol. The number of rotatable bonds is 26. The Morgan fingerprint density at radius 1 is 0.910 bits per heavy atom. The van der Waals surface area contributed by atoms with Gasteiger partial charge in [0.15, 0.2) is 35.0 Å². The molecule has 5 amide bonds.